The summed E-state index contributed by atoms with van der Waals surface area (Å²) in [6.45, 7) is 0. The fourth-order valence-corrected chi connectivity index (χ4v) is 3.52. The molecule has 0 heterocycles. The van der Waals surface area contributed by atoms with Crippen LogP contribution in [-0.4, -0.2) is 8.42 Å². The van der Waals surface area contributed by atoms with Gasteiger partial charge in [0.15, 0.2) is 40.7 Å². The maximum absolute atomic E-state index is 14.6. The molecule has 0 bridgehead atoms. The van der Waals surface area contributed by atoms with Gasteiger partial charge in [0, 0.05) is 16.7 Å². The second-order valence-corrected chi connectivity index (χ2v) is 7.33. The van der Waals surface area contributed by atoms with Gasteiger partial charge in [-0.3, -0.25) is 0 Å². The Bertz CT molecular complexity index is 1240. The van der Waals surface area contributed by atoms with Gasteiger partial charge in [-0.05, 0) is 23.8 Å². The molecule has 11 heteroatoms. The third-order valence-electron chi connectivity index (χ3n) is 4.00. The van der Waals surface area contributed by atoms with Crippen LogP contribution in [0.25, 0.3) is 22.3 Å². The number of benzene rings is 3. The van der Waals surface area contributed by atoms with Gasteiger partial charge in [0.2, 0.25) is 10.0 Å². The molecule has 0 atom stereocenters. The molecular weight excluding hydrogens is 427 g/mol. The van der Waals surface area contributed by atoms with E-state index in [2.05, 4.69) is 0 Å². The number of sulfonamides is 1. The number of primary sulfonamides is 1. The van der Waals surface area contributed by atoms with E-state index in [0.717, 1.165) is 24.3 Å². The largest absolute Gasteiger partial charge is 0.238 e. The molecule has 0 unspecified atom stereocenters. The fourth-order valence-electron chi connectivity index (χ4n) is 2.78. The normalized spacial score (nSPS) is 11.7. The first kappa shape index (κ1) is 20.8. The number of rotatable bonds is 3. The Hall–Kier alpha value is -2.92. The molecule has 0 spiro atoms. The maximum atomic E-state index is 14.6. The van der Waals surface area contributed by atoms with Crippen molar-refractivity contribution in [3.8, 4) is 22.3 Å². The van der Waals surface area contributed by atoms with Gasteiger partial charge in [-0.2, -0.15) is 0 Å². The highest BCUT2D eigenvalue weighted by Gasteiger charge is 2.30. The van der Waals surface area contributed by atoms with Crippen LogP contribution in [0.4, 0.5) is 30.7 Å². The number of halogens is 7. The second kappa shape index (κ2) is 7.16. The van der Waals surface area contributed by atoms with Crippen LogP contribution in [0, 0.1) is 40.7 Å². The van der Waals surface area contributed by atoms with Gasteiger partial charge in [-0.15, -0.1) is 0 Å². The molecule has 0 amide bonds. The molecule has 0 fully saturated rings. The van der Waals surface area contributed by atoms with E-state index in [1.165, 1.54) is 0 Å². The van der Waals surface area contributed by atoms with E-state index >= 15 is 0 Å². The van der Waals surface area contributed by atoms with Crippen molar-refractivity contribution < 1.29 is 39.2 Å². The lowest BCUT2D eigenvalue weighted by atomic mass is 9.92. The Morgan fingerprint density at radius 3 is 1.66 bits per heavy atom. The van der Waals surface area contributed by atoms with Crippen molar-refractivity contribution in [3.05, 3.63) is 77.1 Å². The summed E-state index contributed by atoms with van der Waals surface area (Å²) in [5.74, 6) is -14.3. The van der Waals surface area contributed by atoms with Gasteiger partial charge in [0.1, 0.15) is 0 Å². The molecule has 2 N–H and O–H groups in total. The smallest absolute Gasteiger partial charge is 0.225 e. The van der Waals surface area contributed by atoms with Gasteiger partial charge in [0.25, 0.3) is 0 Å². The van der Waals surface area contributed by atoms with Crippen molar-refractivity contribution in [2.75, 3.05) is 0 Å². The molecule has 152 valence electrons. The average molecular weight is 435 g/mol. The van der Waals surface area contributed by atoms with Crippen LogP contribution in [0.15, 0.2) is 41.3 Å². The van der Waals surface area contributed by atoms with Crippen molar-refractivity contribution in [2.24, 2.45) is 5.14 Å². The topological polar surface area (TPSA) is 60.2 Å². The van der Waals surface area contributed by atoms with E-state index in [1.807, 2.05) is 0 Å². The third kappa shape index (κ3) is 3.47. The average Bonchev–Trinajstić information content (AvgIpc) is 2.66. The third-order valence-corrected chi connectivity index (χ3v) is 4.97. The molecule has 0 saturated carbocycles. The molecule has 29 heavy (non-hydrogen) atoms. The van der Waals surface area contributed by atoms with E-state index in [-0.39, 0.29) is 12.1 Å². The van der Waals surface area contributed by atoms with E-state index in [4.69, 9.17) is 5.14 Å². The SMILES string of the molecule is NS(=O)(=O)c1ccccc1-c1c(F)c(F)c(F)c(F)c1-c1cc(F)c(F)c(F)c1. The zero-order valence-electron chi connectivity index (χ0n) is 13.9. The molecule has 0 aliphatic carbocycles. The summed E-state index contributed by atoms with van der Waals surface area (Å²) in [6, 6.07) is 4.52. The zero-order chi connectivity index (χ0) is 21.7. The second-order valence-electron chi connectivity index (χ2n) is 5.80. The summed E-state index contributed by atoms with van der Waals surface area (Å²) in [7, 11) is -4.57. The first-order valence-electron chi connectivity index (χ1n) is 7.58. The molecule has 3 aromatic rings. The Morgan fingerprint density at radius 2 is 1.14 bits per heavy atom. The number of nitrogens with two attached hydrogens (primary N) is 1. The highest BCUT2D eigenvalue weighted by molar-refractivity contribution is 7.89. The minimum Gasteiger partial charge on any atom is -0.225 e. The maximum Gasteiger partial charge on any atom is 0.238 e. The summed E-state index contributed by atoms with van der Waals surface area (Å²) in [5, 5.41) is 5.03. The first-order valence-corrected chi connectivity index (χ1v) is 9.12. The van der Waals surface area contributed by atoms with Gasteiger partial charge >= 0.3 is 0 Å². The molecule has 0 aliphatic rings. The van der Waals surface area contributed by atoms with E-state index in [1.54, 1.807) is 0 Å². The van der Waals surface area contributed by atoms with Crippen LogP contribution in [0.2, 0.25) is 0 Å². The predicted octanol–water partition coefficient (Wildman–Crippen LogP) is 4.64. The fraction of sp³-hybridized carbons (Fsp3) is 0. The lowest BCUT2D eigenvalue weighted by molar-refractivity contribution is 0.412. The van der Waals surface area contributed by atoms with E-state index in [9.17, 15) is 39.2 Å². The summed E-state index contributed by atoms with van der Waals surface area (Å²) >= 11 is 0. The van der Waals surface area contributed by atoms with Gasteiger partial charge in [-0.1, -0.05) is 18.2 Å². The van der Waals surface area contributed by atoms with Crippen LogP contribution in [-0.2, 0) is 10.0 Å². The Kier molecular flexibility index (Phi) is 5.13. The zero-order valence-corrected chi connectivity index (χ0v) is 14.7. The van der Waals surface area contributed by atoms with Crippen LogP contribution >= 0.6 is 0 Å². The lowest BCUT2D eigenvalue weighted by Gasteiger charge is -2.16. The molecule has 0 radical (unpaired) electrons. The Labute approximate surface area is 159 Å². The van der Waals surface area contributed by atoms with E-state index < -0.39 is 77.9 Å². The quantitative estimate of drug-likeness (QED) is 0.370. The van der Waals surface area contributed by atoms with Crippen molar-refractivity contribution in [1.82, 2.24) is 0 Å². The molecule has 0 aromatic heterocycles. The monoisotopic (exact) mass is 435 g/mol. The summed E-state index contributed by atoms with van der Waals surface area (Å²) in [6.07, 6.45) is 0. The van der Waals surface area contributed by atoms with Crippen LogP contribution in [0.3, 0.4) is 0 Å². The summed E-state index contributed by atoms with van der Waals surface area (Å²) in [5.41, 5.74) is -4.01. The number of hydrogen-bond acceptors (Lipinski definition) is 2. The van der Waals surface area contributed by atoms with Gasteiger partial charge in [-0.25, -0.2) is 44.3 Å². The van der Waals surface area contributed by atoms with Gasteiger partial charge < -0.3 is 0 Å². The van der Waals surface area contributed by atoms with Crippen LogP contribution < -0.4 is 5.14 Å². The highest BCUT2D eigenvalue weighted by atomic mass is 32.2. The minimum absolute atomic E-state index is 0.219. The van der Waals surface area contributed by atoms with Crippen molar-refractivity contribution in [2.45, 2.75) is 4.90 Å². The molecule has 3 rings (SSSR count). The lowest BCUT2D eigenvalue weighted by Crippen LogP contribution is -2.14. The predicted molar refractivity (Wildman–Crippen MR) is 88.4 cm³/mol. The molecule has 0 saturated heterocycles. The van der Waals surface area contributed by atoms with Crippen LogP contribution in [0.1, 0.15) is 0 Å². The van der Waals surface area contributed by atoms with Crippen molar-refractivity contribution in [3.63, 3.8) is 0 Å². The Morgan fingerprint density at radius 1 is 0.655 bits per heavy atom. The Balaban J connectivity index is 2.54. The number of hydrogen-bond donors (Lipinski definition) is 1. The summed E-state index contributed by atoms with van der Waals surface area (Å²) in [4.78, 5) is -0.798. The van der Waals surface area contributed by atoms with E-state index in [0.29, 0.717) is 0 Å². The molecule has 0 aliphatic heterocycles. The van der Waals surface area contributed by atoms with Crippen LogP contribution in [0.5, 0.6) is 0 Å². The molecule has 3 aromatic carbocycles. The minimum atomic E-state index is -4.57. The molecule has 3 nitrogen and oxygen atoms in total. The first-order chi connectivity index (χ1) is 13.4. The highest BCUT2D eigenvalue weighted by Crippen LogP contribution is 2.41. The van der Waals surface area contributed by atoms with Crippen molar-refractivity contribution in [1.29, 1.82) is 0 Å². The molecular formula is C18H8F7NO2S. The van der Waals surface area contributed by atoms with Crippen molar-refractivity contribution >= 4 is 10.0 Å². The standard InChI is InChI=1S/C18H8F7NO2S/c19-9-5-7(6-10(20)14(9)21)12-13(16(23)18(25)17(24)15(12)22)8-3-1-2-4-11(8)29(26,27)28/h1-6H,(H2,26,27,28). The van der Waals surface area contributed by atoms with Gasteiger partial charge in [0.05, 0.1) is 4.90 Å². The summed E-state index contributed by atoms with van der Waals surface area (Å²) < 4.78 is 121.